The van der Waals surface area contributed by atoms with Crippen molar-refractivity contribution in [2.24, 2.45) is 12.5 Å². The van der Waals surface area contributed by atoms with Crippen LogP contribution in [0.4, 0.5) is 0 Å². The second-order valence-electron chi connectivity index (χ2n) is 4.73. The van der Waals surface area contributed by atoms with Crippen molar-refractivity contribution < 1.29 is 14.6 Å². The number of nitrogens with zero attached hydrogens (tertiary/aromatic N) is 2. The molecule has 5 nitrogen and oxygen atoms in total. The molecule has 0 radical (unpaired) electrons. The summed E-state index contributed by atoms with van der Waals surface area (Å²) < 4.78 is 6.59. The number of aliphatic hydroxyl groups excluding tert-OH is 1. The van der Waals surface area contributed by atoms with E-state index in [9.17, 15) is 9.90 Å². The van der Waals surface area contributed by atoms with Gasteiger partial charge in [-0.25, -0.2) is 4.79 Å². The molecule has 1 aromatic rings. The highest BCUT2D eigenvalue weighted by atomic mass is 16.5. The van der Waals surface area contributed by atoms with Gasteiger partial charge in [0.25, 0.3) is 0 Å². The van der Waals surface area contributed by atoms with Gasteiger partial charge in [0.2, 0.25) is 0 Å². The lowest BCUT2D eigenvalue weighted by atomic mass is 9.98. The lowest BCUT2D eigenvalue weighted by molar-refractivity contribution is 0.0516. The highest BCUT2D eigenvalue weighted by Crippen LogP contribution is 2.48. The quantitative estimate of drug-likeness (QED) is 0.774. The number of ether oxygens (including phenoxy) is 1. The lowest BCUT2D eigenvalue weighted by Gasteiger charge is -2.10. The van der Waals surface area contributed by atoms with Crippen LogP contribution in [0.3, 0.4) is 0 Å². The van der Waals surface area contributed by atoms with Crippen LogP contribution in [-0.4, -0.2) is 34.1 Å². The van der Waals surface area contributed by atoms with Gasteiger partial charge in [-0.3, -0.25) is 4.68 Å². The number of aryl methyl sites for hydroxylation is 1. The minimum atomic E-state index is -0.378. The molecule has 1 fully saturated rings. The van der Waals surface area contributed by atoms with Crippen LogP contribution >= 0.6 is 0 Å². The van der Waals surface area contributed by atoms with E-state index in [0.29, 0.717) is 18.7 Å². The Labute approximate surface area is 100 Å². The fourth-order valence-corrected chi connectivity index (χ4v) is 2.01. The summed E-state index contributed by atoms with van der Waals surface area (Å²) in [6, 6.07) is 0. The van der Waals surface area contributed by atoms with Crippen LogP contribution in [0.5, 0.6) is 0 Å². The van der Waals surface area contributed by atoms with Crippen LogP contribution in [-0.2, 0) is 18.2 Å². The fraction of sp³-hybridized carbons (Fsp3) is 0.667. The van der Waals surface area contributed by atoms with Crippen molar-refractivity contribution in [1.29, 1.82) is 0 Å². The van der Waals surface area contributed by atoms with Crippen molar-refractivity contribution >= 4 is 5.97 Å². The van der Waals surface area contributed by atoms with Crippen LogP contribution < -0.4 is 0 Å². The maximum atomic E-state index is 11.7. The largest absolute Gasteiger partial charge is 0.461 e. The predicted molar refractivity (Wildman–Crippen MR) is 61.6 cm³/mol. The molecule has 0 amide bonds. The maximum Gasteiger partial charge on any atom is 0.359 e. The van der Waals surface area contributed by atoms with Crippen molar-refractivity contribution in [3.63, 3.8) is 0 Å². The Hall–Kier alpha value is -1.36. The van der Waals surface area contributed by atoms with E-state index in [4.69, 9.17) is 4.74 Å². The molecule has 2 rings (SSSR count). The highest BCUT2D eigenvalue weighted by molar-refractivity contribution is 5.88. The molecule has 1 aliphatic rings. The first-order valence-electron chi connectivity index (χ1n) is 5.91. The summed E-state index contributed by atoms with van der Waals surface area (Å²) in [5, 5.41) is 13.5. The van der Waals surface area contributed by atoms with E-state index in [-0.39, 0.29) is 18.0 Å². The van der Waals surface area contributed by atoms with E-state index in [2.05, 4.69) is 5.10 Å². The average molecular weight is 238 g/mol. The Bertz CT molecular complexity index is 421. The number of aromatic nitrogens is 2. The SMILES string of the molecule is CCOC(=O)c1nn(C)cc1CC1(CO)CC1. The molecule has 5 heteroatoms. The van der Waals surface area contributed by atoms with Crippen LogP contribution in [0, 0.1) is 5.41 Å². The second-order valence-corrected chi connectivity index (χ2v) is 4.73. The Kier molecular flexibility index (Phi) is 3.19. The fourth-order valence-electron chi connectivity index (χ4n) is 2.01. The molecular weight excluding hydrogens is 220 g/mol. The number of aliphatic hydroxyl groups is 1. The molecule has 0 saturated heterocycles. The summed E-state index contributed by atoms with van der Waals surface area (Å²) in [5.74, 6) is -0.378. The van der Waals surface area contributed by atoms with Gasteiger partial charge in [-0.05, 0) is 31.6 Å². The number of hydrogen-bond donors (Lipinski definition) is 1. The number of hydrogen-bond acceptors (Lipinski definition) is 4. The Morgan fingerprint density at radius 3 is 2.88 bits per heavy atom. The molecule has 0 unspecified atom stereocenters. The molecular formula is C12H18N2O3. The Morgan fingerprint density at radius 1 is 1.65 bits per heavy atom. The van der Waals surface area contributed by atoms with Crippen molar-refractivity contribution in [1.82, 2.24) is 9.78 Å². The zero-order chi connectivity index (χ0) is 12.5. The van der Waals surface area contributed by atoms with Gasteiger partial charge >= 0.3 is 5.97 Å². The summed E-state index contributed by atoms with van der Waals surface area (Å²) >= 11 is 0. The van der Waals surface area contributed by atoms with E-state index in [1.807, 2.05) is 6.20 Å². The first-order valence-corrected chi connectivity index (χ1v) is 5.91. The van der Waals surface area contributed by atoms with E-state index in [1.54, 1.807) is 18.7 Å². The highest BCUT2D eigenvalue weighted by Gasteiger charge is 2.43. The Balaban J connectivity index is 2.18. The first kappa shape index (κ1) is 12.1. The van der Waals surface area contributed by atoms with Crippen LogP contribution in [0.1, 0.15) is 35.8 Å². The molecule has 0 bridgehead atoms. The number of carbonyl (C=O) groups is 1. The number of esters is 1. The monoisotopic (exact) mass is 238 g/mol. The second kappa shape index (κ2) is 4.49. The van der Waals surface area contributed by atoms with Gasteiger partial charge in [-0.2, -0.15) is 5.10 Å². The standard InChI is InChI=1S/C12H18N2O3/c1-3-17-11(16)10-9(7-14(2)13-10)6-12(8-15)4-5-12/h7,15H,3-6,8H2,1-2H3. The van der Waals surface area contributed by atoms with E-state index in [0.717, 1.165) is 18.4 Å². The number of carbonyl (C=O) groups excluding carboxylic acids is 1. The maximum absolute atomic E-state index is 11.7. The molecule has 94 valence electrons. The smallest absolute Gasteiger partial charge is 0.359 e. The van der Waals surface area contributed by atoms with Crippen molar-refractivity contribution in [3.05, 3.63) is 17.5 Å². The minimum absolute atomic E-state index is 0.0235. The van der Waals surface area contributed by atoms with E-state index >= 15 is 0 Å². The Morgan fingerprint density at radius 2 is 2.35 bits per heavy atom. The van der Waals surface area contributed by atoms with Gasteiger partial charge in [0, 0.05) is 25.4 Å². The third-order valence-electron chi connectivity index (χ3n) is 3.23. The first-order chi connectivity index (χ1) is 8.10. The molecule has 1 N–H and O–H groups in total. The summed E-state index contributed by atoms with van der Waals surface area (Å²) in [6.45, 7) is 2.29. The molecule has 0 spiro atoms. The summed E-state index contributed by atoms with van der Waals surface area (Å²) in [7, 11) is 1.78. The third-order valence-corrected chi connectivity index (χ3v) is 3.23. The molecule has 0 aromatic carbocycles. The van der Waals surface area contributed by atoms with Crippen molar-refractivity contribution in [2.75, 3.05) is 13.2 Å². The molecule has 0 atom stereocenters. The van der Waals surface area contributed by atoms with Crippen LogP contribution in [0.15, 0.2) is 6.20 Å². The summed E-state index contributed by atoms with van der Waals surface area (Å²) in [5.41, 5.74) is 1.23. The normalized spacial score (nSPS) is 16.9. The minimum Gasteiger partial charge on any atom is -0.461 e. The molecule has 17 heavy (non-hydrogen) atoms. The zero-order valence-electron chi connectivity index (χ0n) is 10.3. The van der Waals surface area contributed by atoms with E-state index in [1.165, 1.54) is 0 Å². The van der Waals surface area contributed by atoms with Gasteiger partial charge < -0.3 is 9.84 Å². The van der Waals surface area contributed by atoms with E-state index < -0.39 is 0 Å². The number of rotatable bonds is 5. The van der Waals surface area contributed by atoms with Gasteiger partial charge in [0.1, 0.15) is 0 Å². The van der Waals surface area contributed by atoms with Gasteiger partial charge in [-0.1, -0.05) is 0 Å². The van der Waals surface area contributed by atoms with Gasteiger partial charge in [0.05, 0.1) is 6.61 Å². The van der Waals surface area contributed by atoms with Crippen LogP contribution in [0.2, 0.25) is 0 Å². The van der Waals surface area contributed by atoms with Crippen molar-refractivity contribution in [2.45, 2.75) is 26.2 Å². The average Bonchev–Trinajstić information content (AvgIpc) is 2.97. The van der Waals surface area contributed by atoms with Gasteiger partial charge in [-0.15, -0.1) is 0 Å². The summed E-state index contributed by atoms with van der Waals surface area (Å²) in [4.78, 5) is 11.7. The zero-order valence-corrected chi connectivity index (χ0v) is 10.3. The topological polar surface area (TPSA) is 64.3 Å². The third kappa shape index (κ3) is 2.49. The predicted octanol–water partition coefficient (Wildman–Crippen LogP) is 0.912. The molecule has 1 aromatic heterocycles. The van der Waals surface area contributed by atoms with Gasteiger partial charge in [0.15, 0.2) is 5.69 Å². The molecule has 0 aliphatic heterocycles. The van der Waals surface area contributed by atoms with Crippen molar-refractivity contribution in [3.8, 4) is 0 Å². The molecule has 1 saturated carbocycles. The lowest BCUT2D eigenvalue weighted by Crippen LogP contribution is -2.14. The van der Waals surface area contributed by atoms with Crippen LogP contribution in [0.25, 0.3) is 0 Å². The summed E-state index contributed by atoms with van der Waals surface area (Å²) in [6.07, 6.45) is 4.56. The molecule has 1 heterocycles. The molecule has 1 aliphatic carbocycles.